The molecule has 1 aromatic rings. The maximum absolute atomic E-state index is 5.36. The average Bonchev–Trinajstić information content (AvgIpc) is 2.05. The fourth-order valence-electron chi connectivity index (χ4n) is 0.868. The van der Waals surface area contributed by atoms with E-state index in [2.05, 4.69) is 13.8 Å². The van der Waals surface area contributed by atoms with Gasteiger partial charge in [0.2, 0.25) is 0 Å². The molecule has 0 aliphatic heterocycles. The van der Waals surface area contributed by atoms with Crippen LogP contribution < -0.4 is 0 Å². The van der Waals surface area contributed by atoms with Crippen LogP contribution >= 0.6 is 0 Å². The van der Waals surface area contributed by atoms with E-state index >= 15 is 0 Å². The topological polar surface area (TPSA) is 9.23 Å². The highest BCUT2D eigenvalue weighted by atomic mass is 16.5. The van der Waals surface area contributed by atoms with Crippen LogP contribution in [0.4, 0.5) is 0 Å². The molecule has 0 N–H and O–H groups in total. The number of hydrogen-bond acceptors (Lipinski definition) is 1. The largest absolute Gasteiger partial charge is 0.370 e. The second-order valence-electron chi connectivity index (χ2n) is 3.26. The minimum Gasteiger partial charge on any atom is -0.370 e. The highest BCUT2D eigenvalue weighted by Crippen LogP contribution is 2.04. The molecule has 1 radical (unpaired) electrons. The molecule has 0 heterocycles. The minimum atomic E-state index is 0.588. The molecule has 1 rings (SSSR count). The standard InChI is InChI=1S/C11H15O/c1-10(2)8-12-9-11-6-4-3-5-7-11/h3-7,9-10H,8H2,1-2H3. The maximum Gasteiger partial charge on any atom is 0.113 e. The van der Waals surface area contributed by atoms with Gasteiger partial charge in [0.15, 0.2) is 0 Å². The molecule has 12 heavy (non-hydrogen) atoms. The quantitative estimate of drug-likeness (QED) is 0.663. The van der Waals surface area contributed by atoms with Crippen LogP contribution in [-0.4, -0.2) is 6.61 Å². The predicted molar refractivity (Wildman–Crippen MR) is 50.6 cm³/mol. The van der Waals surface area contributed by atoms with Crippen molar-refractivity contribution >= 4 is 0 Å². The van der Waals surface area contributed by atoms with Crippen LogP contribution in [0.15, 0.2) is 30.3 Å². The van der Waals surface area contributed by atoms with Gasteiger partial charge < -0.3 is 4.74 Å². The van der Waals surface area contributed by atoms with Crippen LogP contribution in [-0.2, 0) is 4.74 Å². The Labute approximate surface area is 74.4 Å². The average molecular weight is 163 g/mol. The summed E-state index contributed by atoms with van der Waals surface area (Å²) in [7, 11) is 0. The second kappa shape index (κ2) is 4.94. The number of hydrogen-bond donors (Lipinski definition) is 0. The molecule has 1 nitrogen and oxygen atoms in total. The number of ether oxygens (including phenoxy) is 1. The van der Waals surface area contributed by atoms with Crippen molar-refractivity contribution in [1.82, 2.24) is 0 Å². The molecule has 0 aliphatic rings. The zero-order valence-electron chi connectivity index (χ0n) is 7.66. The van der Waals surface area contributed by atoms with Crippen LogP contribution in [0.1, 0.15) is 19.4 Å². The lowest BCUT2D eigenvalue weighted by Gasteiger charge is -2.05. The van der Waals surface area contributed by atoms with E-state index in [1.165, 1.54) is 0 Å². The fourth-order valence-corrected chi connectivity index (χ4v) is 0.868. The molecule has 0 aliphatic carbocycles. The van der Waals surface area contributed by atoms with E-state index in [0.717, 1.165) is 12.2 Å². The Bertz CT molecular complexity index is 204. The van der Waals surface area contributed by atoms with Crippen molar-refractivity contribution in [2.45, 2.75) is 13.8 Å². The molecule has 65 valence electrons. The predicted octanol–water partition coefficient (Wildman–Crippen LogP) is 2.87. The lowest BCUT2D eigenvalue weighted by molar-refractivity contribution is 0.179. The molecular formula is C11H15O. The lowest BCUT2D eigenvalue weighted by atomic mass is 10.2. The Morgan fingerprint density at radius 3 is 2.50 bits per heavy atom. The summed E-state index contributed by atoms with van der Waals surface area (Å²) in [4.78, 5) is 0. The summed E-state index contributed by atoms with van der Waals surface area (Å²) in [6.45, 7) is 6.87. The van der Waals surface area contributed by atoms with E-state index in [0.29, 0.717) is 5.92 Å². The summed E-state index contributed by atoms with van der Waals surface area (Å²) < 4.78 is 5.36. The van der Waals surface area contributed by atoms with Gasteiger partial charge in [0.05, 0.1) is 0 Å². The van der Waals surface area contributed by atoms with Gasteiger partial charge >= 0.3 is 0 Å². The normalized spacial score (nSPS) is 10.6. The van der Waals surface area contributed by atoms with Gasteiger partial charge in [-0.15, -0.1) is 0 Å². The van der Waals surface area contributed by atoms with E-state index in [1.54, 1.807) is 6.61 Å². The first-order valence-corrected chi connectivity index (χ1v) is 4.29. The highest BCUT2D eigenvalue weighted by Gasteiger charge is 1.95. The lowest BCUT2D eigenvalue weighted by Crippen LogP contribution is -1.99. The Kier molecular flexibility index (Phi) is 3.81. The third-order valence-electron chi connectivity index (χ3n) is 1.45. The Hall–Kier alpha value is -0.820. The van der Waals surface area contributed by atoms with E-state index in [9.17, 15) is 0 Å². The van der Waals surface area contributed by atoms with Crippen molar-refractivity contribution in [3.05, 3.63) is 42.5 Å². The van der Waals surface area contributed by atoms with Crippen LogP contribution in [0.2, 0.25) is 0 Å². The molecule has 1 heteroatoms. The van der Waals surface area contributed by atoms with Crippen molar-refractivity contribution < 1.29 is 4.74 Å². The molecule has 0 atom stereocenters. The van der Waals surface area contributed by atoms with Crippen molar-refractivity contribution in [2.24, 2.45) is 5.92 Å². The molecule has 0 amide bonds. The molecule has 1 aromatic carbocycles. The molecule has 0 bridgehead atoms. The zero-order valence-corrected chi connectivity index (χ0v) is 7.66. The molecule has 0 saturated carbocycles. The number of benzene rings is 1. The first kappa shape index (κ1) is 9.27. The van der Waals surface area contributed by atoms with Gasteiger partial charge in [0.1, 0.15) is 6.61 Å². The molecular weight excluding hydrogens is 148 g/mol. The molecule has 0 spiro atoms. The van der Waals surface area contributed by atoms with Gasteiger partial charge in [-0.3, -0.25) is 0 Å². The molecule has 0 unspecified atom stereocenters. The van der Waals surface area contributed by atoms with Gasteiger partial charge in [-0.2, -0.15) is 0 Å². The number of rotatable bonds is 4. The summed E-state index contributed by atoms with van der Waals surface area (Å²) in [5.41, 5.74) is 1.12. The SMILES string of the molecule is CC(C)CO[CH]c1ccccc1. The molecule has 0 fully saturated rings. The monoisotopic (exact) mass is 163 g/mol. The highest BCUT2D eigenvalue weighted by molar-refractivity contribution is 5.19. The van der Waals surface area contributed by atoms with E-state index in [1.807, 2.05) is 30.3 Å². The van der Waals surface area contributed by atoms with Crippen molar-refractivity contribution in [3.63, 3.8) is 0 Å². The van der Waals surface area contributed by atoms with Crippen LogP contribution in [0, 0.1) is 12.5 Å². The molecule has 0 saturated heterocycles. The van der Waals surface area contributed by atoms with Crippen molar-refractivity contribution in [1.29, 1.82) is 0 Å². The fraction of sp³-hybridized carbons (Fsp3) is 0.364. The van der Waals surface area contributed by atoms with Gasteiger partial charge in [-0.05, 0) is 11.5 Å². The summed E-state index contributed by atoms with van der Waals surface area (Å²) >= 11 is 0. The van der Waals surface area contributed by atoms with Gasteiger partial charge in [-0.25, -0.2) is 0 Å². The third-order valence-corrected chi connectivity index (χ3v) is 1.45. The van der Waals surface area contributed by atoms with Crippen LogP contribution in [0.25, 0.3) is 0 Å². The minimum absolute atomic E-state index is 0.588. The summed E-state index contributed by atoms with van der Waals surface area (Å²) in [5, 5.41) is 0. The summed E-state index contributed by atoms with van der Waals surface area (Å²) in [6.07, 6.45) is 0. The van der Waals surface area contributed by atoms with Gasteiger partial charge in [0, 0.05) is 6.61 Å². The Morgan fingerprint density at radius 1 is 1.25 bits per heavy atom. The van der Waals surface area contributed by atoms with E-state index in [-0.39, 0.29) is 0 Å². The summed E-state index contributed by atoms with van der Waals surface area (Å²) in [6, 6.07) is 10.1. The molecule has 0 aromatic heterocycles. The third kappa shape index (κ3) is 3.54. The van der Waals surface area contributed by atoms with Crippen molar-refractivity contribution in [2.75, 3.05) is 6.61 Å². The van der Waals surface area contributed by atoms with E-state index in [4.69, 9.17) is 4.74 Å². The Morgan fingerprint density at radius 2 is 1.92 bits per heavy atom. The smallest absolute Gasteiger partial charge is 0.113 e. The maximum atomic E-state index is 5.36. The van der Waals surface area contributed by atoms with Gasteiger partial charge in [0.25, 0.3) is 0 Å². The zero-order chi connectivity index (χ0) is 8.81. The second-order valence-corrected chi connectivity index (χ2v) is 3.26. The van der Waals surface area contributed by atoms with Crippen LogP contribution in [0.5, 0.6) is 0 Å². The van der Waals surface area contributed by atoms with Crippen molar-refractivity contribution in [3.8, 4) is 0 Å². The van der Waals surface area contributed by atoms with Gasteiger partial charge in [-0.1, -0.05) is 44.2 Å². The van der Waals surface area contributed by atoms with E-state index < -0.39 is 0 Å². The Balaban J connectivity index is 2.25. The van der Waals surface area contributed by atoms with Crippen LogP contribution in [0.3, 0.4) is 0 Å². The first-order valence-electron chi connectivity index (χ1n) is 4.29. The first-order chi connectivity index (χ1) is 5.79. The summed E-state index contributed by atoms with van der Waals surface area (Å²) in [5.74, 6) is 0.588.